The zero-order valence-electron chi connectivity index (χ0n) is 9.44. The highest BCUT2D eigenvalue weighted by Gasteiger charge is 2.36. The monoisotopic (exact) mass is 235 g/mol. The van der Waals surface area contributed by atoms with Crippen LogP contribution in [0.25, 0.3) is 0 Å². The van der Waals surface area contributed by atoms with Gasteiger partial charge in [0, 0.05) is 17.8 Å². The molecule has 1 aromatic heterocycles. The fourth-order valence-electron chi connectivity index (χ4n) is 2.04. The molecule has 2 atom stereocenters. The second-order valence-electron chi connectivity index (χ2n) is 4.32. The SMILES string of the molecule is CCCC1CC1Nc1cnccc1C(N)=S. The van der Waals surface area contributed by atoms with Crippen molar-refractivity contribution in [3.63, 3.8) is 0 Å². The molecule has 0 spiro atoms. The van der Waals surface area contributed by atoms with Gasteiger partial charge in [0.2, 0.25) is 0 Å². The summed E-state index contributed by atoms with van der Waals surface area (Å²) in [5.74, 6) is 0.810. The lowest BCUT2D eigenvalue weighted by molar-refractivity contribution is 0.692. The molecular formula is C12H17N3S. The first kappa shape index (κ1) is 11.3. The molecule has 0 amide bonds. The molecule has 2 unspecified atom stereocenters. The fraction of sp³-hybridized carbons (Fsp3) is 0.500. The Kier molecular flexibility index (Phi) is 3.39. The molecule has 0 bridgehead atoms. The standard InChI is InChI=1S/C12H17N3S/c1-2-3-8-6-10(8)15-11-7-14-5-4-9(11)12(13)16/h4-5,7-8,10,15H,2-3,6H2,1H3,(H2,13,16). The minimum absolute atomic E-state index is 0.428. The zero-order valence-corrected chi connectivity index (χ0v) is 10.3. The van der Waals surface area contributed by atoms with Crippen LogP contribution in [0.1, 0.15) is 31.7 Å². The molecule has 3 N–H and O–H groups in total. The van der Waals surface area contributed by atoms with Crippen LogP contribution in [-0.4, -0.2) is 16.0 Å². The normalized spacial score (nSPS) is 22.8. The molecule has 1 aliphatic carbocycles. The third kappa shape index (κ3) is 2.50. The Bertz CT molecular complexity index is 392. The van der Waals surface area contributed by atoms with Gasteiger partial charge in [-0.05, 0) is 24.8 Å². The Balaban J connectivity index is 2.02. The lowest BCUT2D eigenvalue weighted by atomic mass is 10.2. The van der Waals surface area contributed by atoms with Gasteiger partial charge in [0.25, 0.3) is 0 Å². The summed E-state index contributed by atoms with van der Waals surface area (Å²) in [5, 5.41) is 3.47. The Labute approximate surface area is 101 Å². The third-order valence-electron chi connectivity index (χ3n) is 3.01. The summed E-state index contributed by atoms with van der Waals surface area (Å²) in [6.07, 6.45) is 7.31. The second-order valence-corrected chi connectivity index (χ2v) is 4.76. The number of pyridine rings is 1. The highest BCUT2D eigenvalue weighted by Crippen LogP contribution is 2.37. The number of aromatic nitrogens is 1. The van der Waals surface area contributed by atoms with Gasteiger partial charge in [-0.25, -0.2) is 0 Å². The van der Waals surface area contributed by atoms with E-state index in [1.54, 1.807) is 12.4 Å². The van der Waals surface area contributed by atoms with Crippen molar-refractivity contribution in [2.24, 2.45) is 11.7 Å². The molecule has 86 valence electrons. The van der Waals surface area contributed by atoms with Crippen molar-refractivity contribution in [1.82, 2.24) is 4.98 Å². The van der Waals surface area contributed by atoms with E-state index in [0.29, 0.717) is 11.0 Å². The average Bonchev–Trinajstić information content (AvgIpc) is 2.97. The second kappa shape index (κ2) is 4.78. The largest absolute Gasteiger partial charge is 0.389 e. The Morgan fingerprint density at radius 3 is 3.19 bits per heavy atom. The van der Waals surface area contributed by atoms with Gasteiger partial charge in [0.05, 0.1) is 11.9 Å². The summed E-state index contributed by atoms with van der Waals surface area (Å²) in [6.45, 7) is 2.22. The first-order valence-corrected chi connectivity index (χ1v) is 6.13. The quantitative estimate of drug-likeness (QED) is 0.769. The summed E-state index contributed by atoms with van der Waals surface area (Å²) < 4.78 is 0. The Morgan fingerprint density at radius 2 is 2.50 bits per heavy atom. The molecule has 0 aromatic carbocycles. The van der Waals surface area contributed by atoms with E-state index >= 15 is 0 Å². The van der Waals surface area contributed by atoms with Gasteiger partial charge in [-0.1, -0.05) is 25.6 Å². The number of nitrogens with two attached hydrogens (primary N) is 1. The third-order valence-corrected chi connectivity index (χ3v) is 3.23. The summed E-state index contributed by atoms with van der Waals surface area (Å²) in [6, 6.07) is 2.44. The van der Waals surface area contributed by atoms with Gasteiger partial charge < -0.3 is 11.1 Å². The van der Waals surface area contributed by atoms with Gasteiger partial charge in [-0.2, -0.15) is 0 Å². The van der Waals surface area contributed by atoms with Crippen LogP contribution >= 0.6 is 12.2 Å². The van der Waals surface area contributed by atoms with Crippen LogP contribution in [-0.2, 0) is 0 Å². The van der Waals surface area contributed by atoms with E-state index < -0.39 is 0 Å². The molecule has 0 radical (unpaired) electrons. The Hall–Kier alpha value is -1.16. The number of nitrogens with one attached hydrogen (secondary N) is 1. The molecular weight excluding hydrogens is 218 g/mol. The fourth-order valence-corrected chi connectivity index (χ4v) is 2.22. The first-order valence-electron chi connectivity index (χ1n) is 5.72. The van der Waals surface area contributed by atoms with Crippen LogP contribution in [0.15, 0.2) is 18.5 Å². The van der Waals surface area contributed by atoms with E-state index in [1.807, 2.05) is 6.07 Å². The van der Waals surface area contributed by atoms with E-state index in [1.165, 1.54) is 19.3 Å². The lowest BCUT2D eigenvalue weighted by Crippen LogP contribution is -2.15. The Morgan fingerprint density at radius 1 is 1.69 bits per heavy atom. The van der Waals surface area contributed by atoms with E-state index in [-0.39, 0.29) is 0 Å². The van der Waals surface area contributed by atoms with Crippen LogP contribution < -0.4 is 11.1 Å². The molecule has 1 saturated carbocycles. The molecule has 16 heavy (non-hydrogen) atoms. The molecule has 3 nitrogen and oxygen atoms in total. The predicted molar refractivity (Wildman–Crippen MR) is 70.6 cm³/mol. The molecule has 4 heteroatoms. The van der Waals surface area contributed by atoms with E-state index in [0.717, 1.165) is 17.2 Å². The molecule has 2 rings (SSSR count). The van der Waals surface area contributed by atoms with Crippen LogP contribution in [0.2, 0.25) is 0 Å². The molecule has 1 heterocycles. The van der Waals surface area contributed by atoms with Gasteiger partial charge >= 0.3 is 0 Å². The smallest absolute Gasteiger partial charge is 0.106 e. The van der Waals surface area contributed by atoms with Gasteiger partial charge in [0.1, 0.15) is 4.99 Å². The maximum Gasteiger partial charge on any atom is 0.106 e. The predicted octanol–water partition coefficient (Wildman–Crippen LogP) is 2.32. The van der Waals surface area contributed by atoms with Crippen LogP contribution in [0.4, 0.5) is 5.69 Å². The van der Waals surface area contributed by atoms with E-state index in [4.69, 9.17) is 18.0 Å². The van der Waals surface area contributed by atoms with Crippen molar-refractivity contribution < 1.29 is 0 Å². The average molecular weight is 235 g/mol. The molecule has 1 aromatic rings. The highest BCUT2D eigenvalue weighted by atomic mass is 32.1. The summed E-state index contributed by atoms with van der Waals surface area (Å²) in [5.41, 5.74) is 7.53. The lowest BCUT2D eigenvalue weighted by Gasteiger charge is -2.09. The van der Waals surface area contributed by atoms with Gasteiger partial charge in [-0.3, -0.25) is 4.98 Å². The first-order chi connectivity index (χ1) is 7.72. The maximum atomic E-state index is 5.67. The van der Waals surface area contributed by atoms with Gasteiger partial charge in [0.15, 0.2) is 0 Å². The van der Waals surface area contributed by atoms with Crippen molar-refractivity contribution >= 4 is 22.9 Å². The number of hydrogen-bond acceptors (Lipinski definition) is 3. The number of anilines is 1. The number of rotatable bonds is 5. The van der Waals surface area contributed by atoms with Crippen molar-refractivity contribution in [2.45, 2.75) is 32.2 Å². The van der Waals surface area contributed by atoms with Crippen molar-refractivity contribution in [2.75, 3.05) is 5.32 Å². The minimum atomic E-state index is 0.428. The van der Waals surface area contributed by atoms with Crippen LogP contribution in [0.5, 0.6) is 0 Å². The number of hydrogen-bond donors (Lipinski definition) is 2. The summed E-state index contributed by atoms with van der Waals surface area (Å²) >= 11 is 5.01. The number of thiocarbonyl (C=S) groups is 1. The molecule has 1 fully saturated rings. The topological polar surface area (TPSA) is 50.9 Å². The van der Waals surface area contributed by atoms with Crippen molar-refractivity contribution in [3.8, 4) is 0 Å². The number of nitrogens with zero attached hydrogens (tertiary/aromatic N) is 1. The minimum Gasteiger partial charge on any atom is -0.389 e. The van der Waals surface area contributed by atoms with E-state index in [9.17, 15) is 0 Å². The van der Waals surface area contributed by atoms with Gasteiger partial charge in [-0.15, -0.1) is 0 Å². The van der Waals surface area contributed by atoms with Crippen molar-refractivity contribution in [1.29, 1.82) is 0 Å². The van der Waals surface area contributed by atoms with E-state index in [2.05, 4.69) is 17.2 Å². The van der Waals surface area contributed by atoms with Crippen molar-refractivity contribution in [3.05, 3.63) is 24.0 Å². The van der Waals surface area contributed by atoms with Crippen LogP contribution in [0.3, 0.4) is 0 Å². The molecule has 0 saturated heterocycles. The zero-order chi connectivity index (χ0) is 11.5. The summed E-state index contributed by atoms with van der Waals surface area (Å²) in [4.78, 5) is 4.53. The van der Waals surface area contributed by atoms with Crippen LogP contribution in [0, 0.1) is 5.92 Å². The maximum absolute atomic E-state index is 5.67. The highest BCUT2D eigenvalue weighted by molar-refractivity contribution is 7.80. The molecule has 1 aliphatic rings. The molecule has 0 aliphatic heterocycles. The summed E-state index contributed by atoms with van der Waals surface area (Å²) in [7, 11) is 0.